The summed E-state index contributed by atoms with van der Waals surface area (Å²) in [6, 6.07) is -0.836. The second-order valence-electron chi connectivity index (χ2n) is 5.74. The van der Waals surface area contributed by atoms with Crippen LogP contribution in [0.5, 0.6) is 0 Å². The van der Waals surface area contributed by atoms with Gasteiger partial charge in [-0.25, -0.2) is 0 Å². The first kappa shape index (κ1) is 25.2. The topological polar surface area (TPSA) is 20.2 Å². The molecule has 168 valence electrons. The lowest BCUT2D eigenvalue weighted by Crippen LogP contribution is -2.52. The molecule has 1 atom stereocenters. The van der Waals surface area contributed by atoms with Crippen LogP contribution in [0.4, 0.5) is 61.5 Å². The molecule has 1 unspecified atom stereocenters. The van der Waals surface area contributed by atoms with E-state index >= 15 is 0 Å². The van der Waals surface area contributed by atoms with Gasteiger partial charge in [0.05, 0.1) is 6.10 Å². The fourth-order valence-electron chi connectivity index (χ4n) is 2.26. The molecule has 0 bridgehead atoms. The van der Waals surface area contributed by atoms with Gasteiger partial charge in [0.15, 0.2) is 0 Å². The van der Waals surface area contributed by atoms with E-state index in [1.165, 1.54) is 0 Å². The highest BCUT2D eigenvalue weighted by atomic mass is 19.4. The van der Waals surface area contributed by atoms with Crippen LogP contribution in [0.2, 0.25) is 0 Å². The SMILES string of the molecule is CC(O)c1c(C(F)(F)C(F)(F)C(F)(F)F)cccc1C(F)(F)C(F)(F)C(F)(F)F. The number of hydrogen-bond donors (Lipinski definition) is 1. The lowest BCUT2D eigenvalue weighted by molar-refractivity contribution is -0.361. The third-order valence-corrected chi connectivity index (χ3v) is 3.70. The van der Waals surface area contributed by atoms with Crippen molar-refractivity contribution in [3.8, 4) is 0 Å². The molecule has 29 heavy (non-hydrogen) atoms. The van der Waals surface area contributed by atoms with Crippen LogP contribution in [0.1, 0.15) is 29.7 Å². The highest BCUT2D eigenvalue weighted by Gasteiger charge is 2.76. The average molecular weight is 458 g/mol. The number of halogens is 14. The number of benzene rings is 1. The van der Waals surface area contributed by atoms with Crippen molar-refractivity contribution in [2.24, 2.45) is 0 Å². The van der Waals surface area contributed by atoms with E-state index in [9.17, 15) is 66.6 Å². The molecule has 0 radical (unpaired) electrons. The Kier molecular flexibility index (Phi) is 5.98. The maximum Gasteiger partial charge on any atom is 0.460 e. The van der Waals surface area contributed by atoms with Gasteiger partial charge in [-0.05, 0) is 12.5 Å². The number of rotatable bonds is 5. The van der Waals surface area contributed by atoms with Gasteiger partial charge >= 0.3 is 36.0 Å². The predicted molar refractivity (Wildman–Crippen MR) is 66.9 cm³/mol. The Morgan fingerprint density at radius 3 is 1.10 bits per heavy atom. The van der Waals surface area contributed by atoms with Crippen molar-refractivity contribution in [1.82, 2.24) is 0 Å². The van der Waals surface area contributed by atoms with Gasteiger partial charge in [0.1, 0.15) is 0 Å². The zero-order valence-electron chi connectivity index (χ0n) is 13.5. The van der Waals surface area contributed by atoms with E-state index in [-0.39, 0.29) is 25.1 Å². The zero-order chi connectivity index (χ0) is 23.4. The summed E-state index contributed by atoms with van der Waals surface area (Å²) < 4.78 is 182. The van der Waals surface area contributed by atoms with Gasteiger partial charge in [0.25, 0.3) is 0 Å². The molecule has 0 spiro atoms. The number of aliphatic hydroxyl groups excluding tert-OH is 1. The largest absolute Gasteiger partial charge is 0.460 e. The normalized spacial score (nSPS) is 16.1. The number of alkyl halides is 14. The Morgan fingerprint density at radius 2 is 0.897 bits per heavy atom. The first-order chi connectivity index (χ1) is 12.5. The second kappa shape index (κ2) is 6.87. The standard InChI is InChI=1S/C14H8F14O/c1-5(29)8-6(9(15,16)11(19,20)13(23,24)25)3-2-4-7(8)10(17,18)12(21,22)14(26,27)28/h2-5,29H,1H3. The van der Waals surface area contributed by atoms with Crippen LogP contribution in [0.3, 0.4) is 0 Å². The number of aliphatic hydroxyl groups is 1. The fraction of sp³-hybridized carbons (Fsp3) is 0.571. The zero-order valence-corrected chi connectivity index (χ0v) is 13.5. The minimum absolute atomic E-state index is 0.155. The average Bonchev–Trinajstić information content (AvgIpc) is 2.51. The monoisotopic (exact) mass is 458 g/mol. The molecule has 1 N–H and O–H groups in total. The first-order valence-electron chi connectivity index (χ1n) is 7.01. The Labute approximate surface area is 151 Å². The van der Waals surface area contributed by atoms with Gasteiger partial charge in [0.2, 0.25) is 0 Å². The lowest BCUT2D eigenvalue weighted by atomic mass is 9.86. The molecule has 0 aliphatic heterocycles. The van der Waals surface area contributed by atoms with Gasteiger partial charge in [-0.3, -0.25) is 0 Å². The van der Waals surface area contributed by atoms with Gasteiger partial charge < -0.3 is 5.11 Å². The van der Waals surface area contributed by atoms with Crippen LogP contribution in [0.25, 0.3) is 0 Å². The summed E-state index contributed by atoms with van der Waals surface area (Å²) in [5.74, 6) is -26.7. The Balaban J connectivity index is 3.93. The summed E-state index contributed by atoms with van der Waals surface area (Å²) in [5, 5.41) is 9.33. The first-order valence-corrected chi connectivity index (χ1v) is 7.01. The summed E-state index contributed by atoms with van der Waals surface area (Å²) >= 11 is 0. The molecule has 0 saturated heterocycles. The summed E-state index contributed by atoms with van der Waals surface area (Å²) in [7, 11) is 0. The molecule has 0 fully saturated rings. The Hall–Kier alpha value is -1.80. The quantitative estimate of drug-likeness (QED) is 0.513. The van der Waals surface area contributed by atoms with Crippen LogP contribution in [0.15, 0.2) is 18.2 Å². The van der Waals surface area contributed by atoms with Gasteiger partial charge in [-0.15, -0.1) is 0 Å². The molecule has 1 nitrogen and oxygen atoms in total. The molecule has 0 aromatic heterocycles. The summed E-state index contributed by atoms with van der Waals surface area (Å²) in [6.45, 7) is 0.214. The minimum Gasteiger partial charge on any atom is -0.389 e. The van der Waals surface area contributed by atoms with E-state index in [2.05, 4.69) is 0 Å². The molecule has 1 aromatic rings. The Morgan fingerprint density at radius 1 is 0.621 bits per heavy atom. The predicted octanol–water partition coefficient (Wildman–Crippen LogP) is 6.32. The highest BCUT2D eigenvalue weighted by molar-refractivity contribution is 5.44. The molecule has 0 aliphatic carbocycles. The molecule has 0 amide bonds. The minimum atomic E-state index is -6.97. The van der Waals surface area contributed by atoms with Gasteiger partial charge in [-0.2, -0.15) is 61.5 Å². The van der Waals surface area contributed by atoms with E-state index in [0.29, 0.717) is 0 Å². The molecule has 0 aliphatic rings. The molecular weight excluding hydrogens is 450 g/mol. The van der Waals surface area contributed by atoms with E-state index in [0.717, 1.165) is 0 Å². The van der Waals surface area contributed by atoms with E-state index < -0.39 is 58.8 Å². The van der Waals surface area contributed by atoms with Crippen LogP contribution >= 0.6 is 0 Å². The van der Waals surface area contributed by atoms with Gasteiger partial charge in [0, 0.05) is 11.1 Å². The van der Waals surface area contributed by atoms with Crippen molar-refractivity contribution in [3.63, 3.8) is 0 Å². The third-order valence-electron chi connectivity index (χ3n) is 3.70. The van der Waals surface area contributed by atoms with Crippen molar-refractivity contribution < 1.29 is 66.6 Å². The van der Waals surface area contributed by atoms with E-state index in [1.54, 1.807) is 0 Å². The van der Waals surface area contributed by atoms with Crippen molar-refractivity contribution in [1.29, 1.82) is 0 Å². The fourth-order valence-corrected chi connectivity index (χ4v) is 2.26. The molecule has 1 rings (SSSR count). The smallest absolute Gasteiger partial charge is 0.389 e. The van der Waals surface area contributed by atoms with Crippen LogP contribution in [0, 0.1) is 0 Å². The van der Waals surface area contributed by atoms with Crippen molar-refractivity contribution in [3.05, 3.63) is 34.9 Å². The lowest BCUT2D eigenvalue weighted by Gasteiger charge is -2.34. The van der Waals surface area contributed by atoms with E-state index in [4.69, 9.17) is 0 Å². The Bertz CT molecular complexity index is 687. The summed E-state index contributed by atoms with van der Waals surface area (Å²) in [5.41, 5.74) is -7.75. The van der Waals surface area contributed by atoms with Crippen LogP contribution < -0.4 is 0 Å². The third kappa shape index (κ3) is 3.72. The number of hydrogen-bond acceptors (Lipinski definition) is 1. The summed E-state index contributed by atoms with van der Waals surface area (Å²) in [4.78, 5) is 0. The second-order valence-corrected chi connectivity index (χ2v) is 5.74. The van der Waals surface area contributed by atoms with Crippen molar-refractivity contribution in [2.45, 2.75) is 49.1 Å². The molecular formula is C14H8F14O. The highest BCUT2D eigenvalue weighted by Crippen LogP contribution is 2.57. The maximum atomic E-state index is 13.9. The van der Waals surface area contributed by atoms with Crippen LogP contribution in [-0.2, 0) is 11.8 Å². The van der Waals surface area contributed by atoms with Crippen LogP contribution in [-0.4, -0.2) is 29.3 Å². The summed E-state index contributed by atoms with van der Waals surface area (Å²) in [6.07, 6.45) is -16.8. The van der Waals surface area contributed by atoms with Crippen molar-refractivity contribution >= 4 is 0 Å². The van der Waals surface area contributed by atoms with Gasteiger partial charge in [-0.1, -0.05) is 18.2 Å². The van der Waals surface area contributed by atoms with E-state index in [1.807, 2.05) is 0 Å². The maximum absolute atomic E-state index is 13.9. The molecule has 15 heteroatoms. The molecule has 0 heterocycles. The van der Waals surface area contributed by atoms with Crippen molar-refractivity contribution in [2.75, 3.05) is 0 Å². The molecule has 0 saturated carbocycles. The molecule has 1 aromatic carbocycles.